The highest BCUT2D eigenvalue weighted by Gasteiger charge is 2.52. The lowest BCUT2D eigenvalue weighted by atomic mass is 10.1. The SMILES string of the molecule is CC(C)(C)[Si](C)(C)OC[C@H]1O[C@@H](n2ccc(=O)n(C(=O)c3ccccc3CO[Si](c3ccccc3)(c3ccccc3)C(C)(C)C)c2=O)[C@H](O[Si](C)(C)C(C)(C)C)[C@@H]1O. The number of aliphatic hydroxyl groups excluding tert-OH is 1. The molecule has 13 heteroatoms. The predicted octanol–water partition coefficient (Wildman–Crippen LogP) is 7.45. The van der Waals surface area contributed by atoms with Gasteiger partial charge in [0.2, 0.25) is 0 Å². The van der Waals surface area contributed by atoms with E-state index in [4.69, 9.17) is 18.0 Å². The highest BCUT2D eigenvalue weighted by atomic mass is 28.4. The molecule has 4 aromatic rings. The number of rotatable bonds is 12. The Morgan fingerprint density at radius 3 is 1.74 bits per heavy atom. The van der Waals surface area contributed by atoms with Crippen LogP contribution < -0.4 is 21.6 Å². The minimum absolute atomic E-state index is 0.0568. The summed E-state index contributed by atoms with van der Waals surface area (Å²) < 4.78 is 28.8. The van der Waals surface area contributed by atoms with Crippen LogP contribution in [0.5, 0.6) is 0 Å². The molecule has 2 heterocycles. The van der Waals surface area contributed by atoms with Crippen LogP contribution in [0, 0.1) is 0 Å². The summed E-state index contributed by atoms with van der Waals surface area (Å²) >= 11 is 0. The molecule has 58 heavy (non-hydrogen) atoms. The molecule has 0 unspecified atom stereocenters. The first-order valence-corrected chi connectivity index (χ1v) is 27.9. The lowest BCUT2D eigenvalue weighted by molar-refractivity contribution is -0.0518. The molecule has 1 N–H and O–H groups in total. The van der Waals surface area contributed by atoms with Gasteiger partial charge in [0.1, 0.15) is 18.3 Å². The highest BCUT2D eigenvalue weighted by molar-refractivity contribution is 6.99. The second-order valence-corrected chi connectivity index (χ2v) is 33.4. The Kier molecular flexibility index (Phi) is 13.2. The van der Waals surface area contributed by atoms with Crippen LogP contribution in [0.2, 0.25) is 41.3 Å². The zero-order chi connectivity index (χ0) is 43.1. The van der Waals surface area contributed by atoms with Crippen molar-refractivity contribution in [3.8, 4) is 0 Å². The van der Waals surface area contributed by atoms with E-state index in [2.05, 4.69) is 113 Å². The lowest BCUT2D eigenvalue weighted by Gasteiger charge is -2.43. The standard InChI is InChI=1S/C45H64N2O8Si3/c1-43(2,3)56(10,11)52-31-36-38(49)39(55-57(12,13)44(4,5)6)41(54-36)46-29-28-37(48)47(42(46)51)40(50)35-27-21-20-22-32(35)30-53-58(45(7,8)9,33-23-16-14-17-24-33)34-25-18-15-19-26-34/h14-29,36,38-39,41,49H,30-31H2,1-13H3/t36-,38-,39-,41-/m1/s1. The van der Waals surface area contributed by atoms with Crippen LogP contribution in [0.15, 0.2) is 107 Å². The fourth-order valence-electron chi connectivity index (χ4n) is 7.03. The van der Waals surface area contributed by atoms with Gasteiger partial charge in [-0.2, -0.15) is 4.57 Å². The molecule has 1 saturated heterocycles. The van der Waals surface area contributed by atoms with Crippen molar-refractivity contribution in [3.63, 3.8) is 0 Å². The van der Waals surface area contributed by atoms with Crippen LogP contribution in [0.1, 0.15) is 84.5 Å². The number of hydrogen-bond donors (Lipinski definition) is 1. The summed E-state index contributed by atoms with van der Waals surface area (Å²) in [6.45, 7) is 27.7. The van der Waals surface area contributed by atoms with Gasteiger partial charge in [-0.15, -0.1) is 0 Å². The van der Waals surface area contributed by atoms with Crippen molar-refractivity contribution in [3.05, 3.63) is 129 Å². The molecule has 0 radical (unpaired) electrons. The van der Waals surface area contributed by atoms with Crippen LogP contribution in [-0.4, -0.2) is 70.0 Å². The Morgan fingerprint density at radius 2 is 1.22 bits per heavy atom. The fourth-order valence-corrected chi connectivity index (χ4v) is 13.9. The molecule has 10 nitrogen and oxygen atoms in total. The number of benzene rings is 3. The van der Waals surface area contributed by atoms with Crippen LogP contribution in [0.4, 0.5) is 0 Å². The van der Waals surface area contributed by atoms with Gasteiger partial charge in [0.15, 0.2) is 22.9 Å². The number of nitrogens with zero attached hydrogens (tertiary/aromatic N) is 2. The zero-order valence-corrected chi connectivity index (χ0v) is 39.7. The first kappa shape index (κ1) is 45.5. The number of aliphatic hydroxyl groups is 1. The Balaban J connectivity index is 1.55. The summed E-state index contributed by atoms with van der Waals surface area (Å²) in [5.41, 5.74) is -0.976. The van der Waals surface area contributed by atoms with Gasteiger partial charge in [-0.25, -0.2) is 4.79 Å². The van der Waals surface area contributed by atoms with E-state index in [0.29, 0.717) is 10.1 Å². The van der Waals surface area contributed by atoms with E-state index in [1.54, 1.807) is 18.2 Å². The van der Waals surface area contributed by atoms with Crippen LogP contribution >= 0.6 is 0 Å². The molecule has 5 rings (SSSR count). The first-order chi connectivity index (χ1) is 26.8. The maximum absolute atomic E-state index is 14.6. The molecule has 1 aliphatic heterocycles. The highest BCUT2D eigenvalue weighted by Crippen LogP contribution is 2.43. The van der Waals surface area contributed by atoms with E-state index >= 15 is 0 Å². The third-order valence-electron chi connectivity index (χ3n) is 12.6. The second-order valence-electron chi connectivity index (χ2n) is 19.6. The average molecular weight is 845 g/mol. The summed E-state index contributed by atoms with van der Waals surface area (Å²) in [6, 6.07) is 28.5. The van der Waals surface area contributed by atoms with E-state index in [1.807, 2.05) is 42.5 Å². The maximum atomic E-state index is 14.6. The van der Waals surface area contributed by atoms with Gasteiger partial charge in [-0.05, 0) is 63.3 Å². The van der Waals surface area contributed by atoms with Gasteiger partial charge in [-0.3, -0.25) is 14.2 Å². The summed E-state index contributed by atoms with van der Waals surface area (Å²) in [7, 11) is -7.80. The zero-order valence-electron chi connectivity index (χ0n) is 36.7. The van der Waals surface area contributed by atoms with Gasteiger partial charge in [0.25, 0.3) is 19.8 Å². The normalized spacial score (nSPS) is 19.7. The number of hydrogen-bond acceptors (Lipinski definition) is 8. The van der Waals surface area contributed by atoms with E-state index in [-0.39, 0.29) is 33.9 Å². The molecule has 0 spiro atoms. The van der Waals surface area contributed by atoms with Gasteiger partial charge in [0.05, 0.1) is 13.2 Å². The van der Waals surface area contributed by atoms with Crippen molar-refractivity contribution in [1.29, 1.82) is 0 Å². The monoisotopic (exact) mass is 844 g/mol. The summed E-state index contributed by atoms with van der Waals surface area (Å²) in [5.74, 6) is -0.788. The van der Waals surface area contributed by atoms with Crippen molar-refractivity contribution < 1.29 is 27.9 Å². The largest absolute Gasteiger partial charge is 0.414 e. The van der Waals surface area contributed by atoms with Gasteiger partial charge < -0.3 is 23.1 Å². The van der Waals surface area contributed by atoms with Crippen molar-refractivity contribution in [2.45, 2.75) is 135 Å². The summed E-state index contributed by atoms with van der Waals surface area (Å²) in [4.78, 5) is 42.7. The average Bonchev–Trinajstić information content (AvgIpc) is 3.43. The molecule has 1 aliphatic rings. The molecule has 3 aromatic carbocycles. The molecule has 0 aliphatic carbocycles. The molecule has 4 atom stereocenters. The predicted molar refractivity (Wildman–Crippen MR) is 239 cm³/mol. The summed E-state index contributed by atoms with van der Waals surface area (Å²) in [6.07, 6.45) is -2.76. The molecule has 1 aromatic heterocycles. The van der Waals surface area contributed by atoms with E-state index in [1.165, 1.54) is 16.8 Å². The van der Waals surface area contributed by atoms with Crippen molar-refractivity contribution in [1.82, 2.24) is 9.13 Å². The van der Waals surface area contributed by atoms with E-state index < -0.39 is 66.6 Å². The number of carbonyl (C=O) groups excluding carboxylic acids is 1. The molecule has 0 amide bonds. The van der Waals surface area contributed by atoms with Gasteiger partial charge >= 0.3 is 5.69 Å². The second kappa shape index (κ2) is 16.8. The Morgan fingerprint density at radius 1 is 0.707 bits per heavy atom. The number of aromatic nitrogens is 2. The van der Waals surface area contributed by atoms with Crippen molar-refractivity contribution in [2.75, 3.05) is 6.61 Å². The third-order valence-corrected chi connectivity index (χ3v) is 26.5. The smallest absolute Gasteiger partial charge is 0.340 e. The van der Waals surface area contributed by atoms with Gasteiger partial charge in [-0.1, -0.05) is 141 Å². The van der Waals surface area contributed by atoms with E-state index in [0.717, 1.165) is 10.4 Å². The number of ether oxygens (including phenoxy) is 1. The topological polar surface area (TPSA) is 118 Å². The van der Waals surface area contributed by atoms with Crippen LogP contribution in [0.25, 0.3) is 0 Å². The Labute approximate surface area is 347 Å². The quantitative estimate of drug-likeness (QED) is 0.146. The lowest BCUT2D eigenvalue weighted by Crippen LogP contribution is -2.66. The first-order valence-electron chi connectivity index (χ1n) is 20.2. The van der Waals surface area contributed by atoms with Crippen LogP contribution in [0.3, 0.4) is 0 Å². The van der Waals surface area contributed by atoms with Crippen molar-refractivity contribution >= 4 is 41.2 Å². The van der Waals surface area contributed by atoms with Gasteiger partial charge in [0, 0.05) is 17.8 Å². The minimum atomic E-state index is -3.01. The Hall–Kier alpha value is -3.54. The number of carbonyl (C=O) groups is 1. The van der Waals surface area contributed by atoms with Crippen molar-refractivity contribution in [2.24, 2.45) is 0 Å². The molecular formula is C45H64N2O8Si3. The molecular weight excluding hydrogens is 781 g/mol. The molecule has 0 saturated carbocycles. The maximum Gasteiger partial charge on any atom is 0.340 e. The Bertz CT molecular complexity index is 2130. The third kappa shape index (κ3) is 8.97. The minimum Gasteiger partial charge on any atom is -0.414 e. The van der Waals surface area contributed by atoms with Crippen LogP contribution in [-0.2, 0) is 24.6 Å². The molecule has 1 fully saturated rings. The molecule has 0 bridgehead atoms. The fraction of sp³-hybridized carbons (Fsp3) is 0.489. The molecule has 314 valence electrons. The summed E-state index contributed by atoms with van der Waals surface area (Å²) in [5, 5.41) is 13.4. The van der Waals surface area contributed by atoms with E-state index in [9.17, 15) is 19.5 Å².